The summed E-state index contributed by atoms with van der Waals surface area (Å²) in [6.07, 6.45) is 2.68. The summed E-state index contributed by atoms with van der Waals surface area (Å²) >= 11 is 0. The second kappa shape index (κ2) is 4.01. The lowest BCUT2D eigenvalue weighted by Crippen LogP contribution is -2.07. The fraction of sp³-hybridized carbons (Fsp3) is 0.500. The monoisotopic (exact) mass is 205 g/mol. The van der Waals surface area contributed by atoms with Crippen molar-refractivity contribution in [2.24, 2.45) is 5.92 Å². The molecule has 2 atom stereocenters. The quantitative estimate of drug-likeness (QED) is 0.709. The number of aryl methyl sites for hydroxylation is 1. The molecule has 1 aliphatic carbocycles. The number of nitrogens with zero attached hydrogens (tertiary/aromatic N) is 1. The highest BCUT2D eigenvalue weighted by Crippen LogP contribution is 2.47. The second-order valence-electron chi connectivity index (χ2n) is 3.96. The summed E-state index contributed by atoms with van der Waals surface area (Å²) in [7, 11) is 0. The minimum Gasteiger partial charge on any atom is -0.466 e. The summed E-state index contributed by atoms with van der Waals surface area (Å²) in [6, 6.07) is 4.01. The molecule has 0 bridgehead atoms. The number of ether oxygens (including phenoxy) is 1. The molecule has 15 heavy (non-hydrogen) atoms. The second-order valence-corrected chi connectivity index (χ2v) is 3.96. The van der Waals surface area contributed by atoms with Crippen LogP contribution in [0.4, 0.5) is 0 Å². The van der Waals surface area contributed by atoms with Crippen molar-refractivity contribution >= 4 is 5.97 Å². The summed E-state index contributed by atoms with van der Waals surface area (Å²) in [6.45, 7) is 4.33. The van der Waals surface area contributed by atoms with Crippen molar-refractivity contribution in [3.63, 3.8) is 0 Å². The van der Waals surface area contributed by atoms with E-state index in [1.54, 1.807) is 6.20 Å². The topological polar surface area (TPSA) is 39.2 Å². The van der Waals surface area contributed by atoms with Gasteiger partial charge in [-0.25, -0.2) is 0 Å². The Bertz CT molecular complexity index is 376. The number of carbonyl (C=O) groups is 1. The van der Waals surface area contributed by atoms with Crippen LogP contribution >= 0.6 is 0 Å². The molecular weight excluding hydrogens is 190 g/mol. The Labute approximate surface area is 89.5 Å². The predicted molar refractivity (Wildman–Crippen MR) is 56.5 cm³/mol. The van der Waals surface area contributed by atoms with E-state index < -0.39 is 0 Å². The van der Waals surface area contributed by atoms with Gasteiger partial charge in [0.15, 0.2) is 0 Å². The third-order valence-electron chi connectivity index (χ3n) is 2.70. The maximum absolute atomic E-state index is 11.4. The Morgan fingerprint density at radius 2 is 2.47 bits per heavy atom. The Morgan fingerprint density at radius 1 is 1.67 bits per heavy atom. The molecule has 0 aliphatic heterocycles. The van der Waals surface area contributed by atoms with Gasteiger partial charge < -0.3 is 4.74 Å². The van der Waals surface area contributed by atoms with Crippen LogP contribution in [0.3, 0.4) is 0 Å². The van der Waals surface area contributed by atoms with Gasteiger partial charge in [-0.1, -0.05) is 0 Å². The van der Waals surface area contributed by atoms with Gasteiger partial charge in [-0.2, -0.15) is 0 Å². The third kappa shape index (κ3) is 2.17. The van der Waals surface area contributed by atoms with Crippen LogP contribution in [0, 0.1) is 12.8 Å². The molecule has 1 aliphatic rings. The molecule has 1 saturated carbocycles. The highest BCUT2D eigenvalue weighted by Gasteiger charge is 2.46. The summed E-state index contributed by atoms with van der Waals surface area (Å²) in [5.74, 6) is 0.244. The maximum Gasteiger partial charge on any atom is 0.309 e. The summed E-state index contributed by atoms with van der Waals surface area (Å²) in [5, 5.41) is 0. The third-order valence-corrected chi connectivity index (χ3v) is 2.70. The van der Waals surface area contributed by atoms with Crippen molar-refractivity contribution in [3.05, 3.63) is 29.6 Å². The standard InChI is InChI=1S/C12H15NO2/c1-3-15-12(14)10-7-9(10)11-6-8(2)4-5-13-11/h4-6,9-10H,3,7H2,1-2H3/t9-,10-/m0/s1. The van der Waals surface area contributed by atoms with Gasteiger partial charge in [0.1, 0.15) is 0 Å². The number of rotatable bonds is 3. The molecule has 3 heteroatoms. The van der Waals surface area contributed by atoms with Crippen molar-refractivity contribution in [3.8, 4) is 0 Å². The van der Waals surface area contributed by atoms with Gasteiger partial charge in [0.2, 0.25) is 0 Å². The van der Waals surface area contributed by atoms with Gasteiger partial charge in [-0.05, 0) is 38.0 Å². The lowest BCUT2D eigenvalue weighted by molar-refractivity contribution is -0.144. The van der Waals surface area contributed by atoms with E-state index in [-0.39, 0.29) is 17.8 Å². The average Bonchev–Trinajstić information content (AvgIpc) is 2.97. The van der Waals surface area contributed by atoms with Crippen LogP contribution in [0.15, 0.2) is 18.3 Å². The van der Waals surface area contributed by atoms with Crippen molar-refractivity contribution in [2.45, 2.75) is 26.2 Å². The van der Waals surface area contributed by atoms with Gasteiger partial charge >= 0.3 is 5.97 Å². The molecule has 1 aromatic rings. The van der Waals surface area contributed by atoms with Gasteiger partial charge in [-0.15, -0.1) is 0 Å². The molecular formula is C12H15NO2. The first-order valence-corrected chi connectivity index (χ1v) is 5.31. The van der Waals surface area contributed by atoms with Crippen LogP contribution in [0.5, 0.6) is 0 Å². The highest BCUT2D eigenvalue weighted by atomic mass is 16.5. The van der Waals surface area contributed by atoms with Crippen LogP contribution < -0.4 is 0 Å². The Hall–Kier alpha value is -1.38. The van der Waals surface area contributed by atoms with E-state index >= 15 is 0 Å². The molecule has 3 nitrogen and oxygen atoms in total. The van der Waals surface area contributed by atoms with E-state index in [0.717, 1.165) is 12.1 Å². The summed E-state index contributed by atoms with van der Waals surface area (Å²) in [4.78, 5) is 15.7. The van der Waals surface area contributed by atoms with E-state index in [2.05, 4.69) is 4.98 Å². The lowest BCUT2D eigenvalue weighted by Gasteiger charge is -2.01. The summed E-state index contributed by atoms with van der Waals surface area (Å²) < 4.78 is 4.98. The van der Waals surface area contributed by atoms with Gasteiger partial charge in [-0.3, -0.25) is 9.78 Å². The number of hydrogen-bond donors (Lipinski definition) is 0. The van der Waals surface area contributed by atoms with Crippen LogP contribution in [0.25, 0.3) is 0 Å². The van der Waals surface area contributed by atoms with E-state index in [1.807, 2.05) is 26.0 Å². The molecule has 0 amide bonds. The zero-order chi connectivity index (χ0) is 10.8. The first-order valence-electron chi connectivity index (χ1n) is 5.31. The molecule has 0 unspecified atom stereocenters. The highest BCUT2D eigenvalue weighted by molar-refractivity contribution is 5.77. The first-order chi connectivity index (χ1) is 7.22. The summed E-state index contributed by atoms with van der Waals surface area (Å²) in [5.41, 5.74) is 2.21. The van der Waals surface area contributed by atoms with Crippen LogP contribution in [0.2, 0.25) is 0 Å². The van der Waals surface area contributed by atoms with E-state index in [9.17, 15) is 4.79 Å². The van der Waals surface area contributed by atoms with Crippen LogP contribution in [-0.4, -0.2) is 17.6 Å². The van der Waals surface area contributed by atoms with Crippen LogP contribution in [-0.2, 0) is 9.53 Å². The zero-order valence-corrected chi connectivity index (χ0v) is 9.06. The first kappa shape index (κ1) is 10.1. The molecule has 80 valence electrons. The predicted octanol–water partition coefficient (Wildman–Crippen LogP) is 2.06. The maximum atomic E-state index is 11.4. The van der Waals surface area contributed by atoms with Crippen molar-refractivity contribution < 1.29 is 9.53 Å². The van der Waals surface area contributed by atoms with Gasteiger partial charge in [0, 0.05) is 17.8 Å². The largest absolute Gasteiger partial charge is 0.466 e. The molecule has 0 spiro atoms. The lowest BCUT2D eigenvalue weighted by atomic mass is 10.2. The minimum absolute atomic E-state index is 0.0410. The molecule has 1 heterocycles. The molecule has 0 aromatic carbocycles. The molecule has 1 fully saturated rings. The Kier molecular flexibility index (Phi) is 2.71. The number of pyridine rings is 1. The number of hydrogen-bond acceptors (Lipinski definition) is 3. The normalized spacial score (nSPS) is 23.6. The molecule has 0 N–H and O–H groups in total. The van der Waals surface area contributed by atoms with Crippen molar-refractivity contribution in [1.82, 2.24) is 4.98 Å². The number of aromatic nitrogens is 1. The Balaban J connectivity index is 2.01. The SMILES string of the molecule is CCOC(=O)[C@H]1C[C@@H]1c1cc(C)ccn1. The zero-order valence-electron chi connectivity index (χ0n) is 9.06. The smallest absolute Gasteiger partial charge is 0.309 e. The fourth-order valence-corrected chi connectivity index (χ4v) is 1.79. The van der Waals surface area contributed by atoms with Crippen LogP contribution in [0.1, 0.15) is 30.5 Å². The fourth-order valence-electron chi connectivity index (χ4n) is 1.79. The van der Waals surface area contributed by atoms with Crippen molar-refractivity contribution in [1.29, 1.82) is 0 Å². The van der Waals surface area contributed by atoms with Gasteiger partial charge in [0.25, 0.3) is 0 Å². The van der Waals surface area contributed by atoms with E-state index in [1.165, 1.54) is 5.56 Å². The van der Waals surface area contributed by atoms with Crippen molar-refractivity contribution in [2.75, 3.05) is 6.61 Å². The average molecular weight is 205 g/mol. The Morgan fingerprint density at radius 3 is 3.13 bits per heavy atom. The molecule has 0 radical (unpaired) electrons. The molecule has 0 saturated heterocycles. The number of esters is 1. The molecule has 1 aromatic heterocycles. The van der Waals surface area contributed by atoms with E-state index in [0.29, 0.717) is 6.61 Å². The van der Waals surface area contributed by atoms with E-state index in [4.69, 9.17) is 4.74 Å². The molecule has 2 rings (SSSR count). The number of carbonyl (C=O) groups excluding carboxylic acids is 1. The minimum atomic E-state index is -0.0780. The van der Waals surface area contributed by atoms with Gasteiger partial charge in [0.05, 0.1) is 12.5 Å².